The molecule has 0 amide bonds. The first-order valence-electron chi connectivity index (χ1n) is 6.94. The number of benzene rings is 2. The number of hydrogen-bond donors (Lipinski definition) is 0. The third-order valence-electron chi connectivity index (χ3n) is 3.58. The van der Waals surface area contributed by atoms with Crippen LogP contribution in [0.2, 0.25) is 0 Å². The number of hydrogen-bond acceptors (Lipinski definition) is 3. The molecule has 2 unspecified atom stereocenters. The highest BCUT2D eigenvalue weighted by Crippen LogP contribution is 2.29. The summed E-state index contributed by atoms with van der Waals surface area (Å²) in [6.45, 7) is 4.10. The van der Waals surface area contributed by atoms with Crippen molar-refractivity contribution in [1.82, 2.24) is 0 Å². The molecule has 3 nitrogen and oxygen atoms in total. The van der Waals surface area contributed by atoms with E-state index in [1.165, 1.54) is 0 Å². The summed E-state index contributed by atoms with van der Waals surface area (Å²) in [5, 5.41) is 1.97. The second-order valence-electron chi connectivity index (χ2n) is 5.03. The Morgan fingerprint density at radius 3 is 2.81 bits per heavy atom. The van der Waals surface area contributed by atoms with Gasteiger partial charge in [-0.2, -0.15) is 0 Å². The summed E-state index contributed by atoms with van der Waals surface area (Å²) in [4.78, 5) is 12.6. The molecule has 2 aromatic rings. The van der Waals surface area contributed by atoms with Crippen molar-refractivity contribution >= 4 is 33.6 Å². The minimum atomic E-state index is -1.01. The molecule has 0 radical (unpaired) electrons. The lowest BCUT2D eigenvalue weighted by Gasteiger charge is -2.16. The van der Waals surface area contributed by atoms with Crippen LogP contribution in [0.4, 0.5) is 0 Å². The smallest absolute Gasteiger partial charge is 0.338 e. The number of rotatable bonds is 2. The van der Waals surface area contributed by atoms with E-state index in [0.717, 1.165) is 21.2 Å². The van der Waals surface area contributed by atoms with Gasteiger partial charge in [0.1, 0.15) is 0 Å². The topological polar surface area (TPSA) is 43.4 Å². The molecule has 0 spiro atoms. The number of esters is 1. The van der Waals surface area contributed by atoms with E-state index in [9.17, 15) is 9.00 Å². The molecule has 2 aromatic carbocycles. The van der Waals surface area contributed by atoms with Gasteiger partial charge in [0.2, 0.25) is 0 Å². The maximum atomic E-state index is 12.3. The van der Waals surface area contributed by atoms with Gasteiger partial charge in [-0.15, -0.1) is 0 Å². The Hall–Kier alpha value is -1.94. The Kier molecular flexibility index (Phi) is 3.64. The van der Waals surface area contributed by atoms with E-state index in [1.54, 1.807) is 13.0 Å². The Morgan fingerprint density at radius 2 is 2.05 bits per heavy atom. The molecule has 0 saturated heterocycles. The lowest BCUT2D eigenvalue weighted by atomic mass is 10.0. The molecule has 1 aliphatic rings. The first kappa shape index (κ1) is 14.0. The molecular formula is C17H16O3S. The molecule has 2 atom stereocenters. The molecule has 3 rings (SSSR count). The summed E-state index contributed by atoms with van der Waals surface area (Å²) in [5.41, 5.74) is 1.50. The van der Waals surface area contributed by atoms with Crippen LogP contribution < -0.4 is 0 Å². The van der Waals surface area contributed by atoms with Crippen LogP contribution in [0.15, 0.2) is 41.3 Å². The summed E-state index contributed by atoms with van der Waals surface area (Å²) < 4.78 is 17.3. The minimum absolute atomic E-state index is 0.0359. The minimum Gasteiger partial charge on any atom is -0.462 e. The lowest BCUT2D eigenvalue weighted by molar-refractivity contribution is 0.0526. The molecular weight excluding hydrogens is 284 g/mol. The van der Waals surface area contributed by atoms with E-state index >= 15 is 0 Å². The zero-order valence-corrected chi connectivity index (χ0v) is 12.8. The third-order valence-corrected chi connectivity index (χ3v) is 5.20. The van der Waals surface area contributed by atoms with Crippen molar-refractivity contribution in [2.45, 2.75) is 24.0 Å². The summed E-state index contributed by atoms with van der Waals surface area (Å²) in [6.07, 6.45) is 3.96. The summed E-state index contributed by atoms with van der Waals surface area (Å²) in [5.74, 6) is -0.315. The second kappa shape index (κ2) is 5.45. The SMILES string of the molecule is CCOC(=O)c1ccc2cc3c(cc2c1)C=CC(C)S3=O. The molecule has 0 N–H and O–H groups in total. The zero-order valence-electron chi connectivity index (χ0n) is 12.0. The van der Waals surface area contributed by atoms with Crippen LogP contribution in [0.1, 0.15) is 29.8 Å². The standard InChI is InChI=1S/C17H16O3S/c1-3-20-17(18)14-7-6-12-10-16-13(8-15(12)9-14)5-4-11(2)21(16)19/h4-11H,3H2,1-2H3. The van der Waals surface area contributed by atoms with E-state index < -0.39 is 10.8 Å². The van der Waals surface area contributed by atoms with Gasteiger partial charge in [-0.05, 0) is 54.4 Å². The molecule has 21 heavy (non-hydrogen) atoms. The van der Waals surface area contributed by atoms with Gasteiger partial charge in [0.05, 0.1) is 28.2 Å². The van der Waals surface area contributed by atoms with Gasteiger partial charge >= 0.3 is 5.97 Å². The summed E-state index contributed by atoms with van der Waals surface area (Å²) >= 11 is 0. The molecule has 4 heteroatoms. The van der Waals surface area contributed by atoms with Gasteiger partial charge in [-0.25, -0.2) is 4.79 Å². The van der Waals surface area contributed by atoms with Crippen molar-refractivity contribution in [2.24, 2.45) is 0 Å². The van der Waals surface area contributed by atoms with Gasteiger partial charge < -0.3 is 4.74 Å². The molecule has 0 bridgehead atoms. The Bertz CT molecular complexity index is 777. The molecule has 0 fully saturated rings. The molecule has 108 valence electrons. The Morgan fingerprint density at radius 1 is 1.24 bits per heavy atom. The van der Waals surface area contributed by atoms with Crippen molar-refractivity contribution in [3.8, 4) is 0 Å². The van der Waals surface area contributed by atoms with Crippen LogP contribution in [0.5, 0.6) is 0 Å². The van der Waals surface area contributed by atoms with Crippen LogP contribution in [0.3, 0.4) is 0 Å². The van der Waals surface area contributed by atoms with Gasteiger partial charge in [0.25, 0.3) is 0 Å². The van der Waals surface area contributed by atoms with Gasteiger partial charge in [0.15, 0.2) is 0 Å². The summed E-state index contributed by atoms with van der Waals surface area (Å²) in [7, 11) is -1.01. The fourth-order valence-electron chi connectivity index (χ4n) is 2.45. The first-order valence-corrected chi connectivity index (χ1v) is 8.15. The number of carbonyl (C=O) groups is 1. The van der Waals surface area contributed by atoms with Gasteiger partial charge in [-0.3, -0.25) is 4.21 Å². The number of fused-ring (bicyclic) bond motifs is 2. The van der Waals surface area contributed by atoms with Gasteiger partial charge in [0, 0.05) is 4.90 Å². The maximum Gasteiger partial charge on any atom is 0.338 e. The predicted molar refractivity (Wildman–Crippen MR) is 84.8 cm³/mol. The zero-order chi connectivity index (χ0) is 15.0. The van der Waals surface area contributed by atoms with E-state index in [2.05, 4.69) is 0 Å². The van der Waals surface area contributed by atoms with Crippen LogP contribution >= 0.6 is 0 Å². The normalized spacial score (nSPS) is 20.3. The monoisotopic (exact) mass is 300 g/mol. The number of ether oxygens (including phenoxy) is 1. The Balaban J connectivity index is 2.11. The van der Waals surface area contributed by atoms with E-state index in [1.807, 2.05) is 43.3 Å². The number of carbonyl (C=O) groups excluding carboxylic acids is 1. The van der Waals surface area contributed by atoms with Crippen LogP contribution in [-0.2, 0) is 15.5 Å². The maximum absolute atomic E-state index is 12.3. The largest absolute Gasteiger partial charge is 0.462 e. The van der Waals surface area contributed by atoms with Crippen LogP contribution in [0, 0.1) is 0 Å². The second-order valence-corrected chi connectivity index (χ2v) is 6.81. The van der Waals surface area contributed by atoms with E-state index in [-0.39, 0.29) is 11.2 Å². The van der Waals surface area contributed by atoms with Crippen molar-refractivity contribution in [1.29, 1.82) is 0 Å². The Labute approximate surface area is 126 Å². The lowest BCUT2D eigenvalue weighted by Crippen LogP contribution is -2.12. The fraction of sp³-hybridized carbons (Fsp3) is 0.235. The molecule has 0 saturated carbocycles. The highest BCUT2D eigenvalue weighted by molar-refractivity contribution is 7.86. The van der Waals surface area contributed by atoms with Crippen LogP contribution in [0.25, 0.3) is 16.8 Å². The highest BCUT2D eigenvalue weighted by atomic mass is 32.2. The van der Waals surface area contributed by atoms with E-state index in [0.29, 0.717) is 12.2 Å². The third kappa shape index (κ3) is 2.51. The molecule has 1 heterocycles. The first-order chi connectivity index (χ1) is 10.1. The average molecular weight is 300 g/mol. The van der Waals surface area contributed by atoms with Crippen molar-refractivity contribution < 1.29 is 13.7 Å². The quantitative estimate of drug-likeness (QED) is 0.797. The van der Waals surface area contributed by atoms with Crippen LogP contribution in [-0.4, -0.2) is 22.0 Å². The highest BCUT2D eigenvalue weighted by Gasteiger charge is 2.19. The molecule has 1 aliphatic heterocycles. The van der Waals surface area contributed by atoms with Crippen molar-refractivity contribution in [3.05, 3.63) is 47.5 Å². The van der Waals surface area contributed by atoms with Crippen molar-refractivity contribution in [3.63, 3.8) is 0 Å². The fourth-order valence-corrected chi connectivity index (χ4v) is 3.68. The van der Waals surface area contributed by atoms with E-state index in [4.69, 9.17) is 4.74 Å². The van der Waals surface area contributed by atoms with Crippen molar-refractivity contribution in [2.75, 3.05) is 6.61 Å². The van der Waals surface area contributed by atoms with Gasteiger partial charge in [-0.1, -0.05) is 18.2 Å². The summed E-state index contributed by atoms with van der Waals surface area (Å²) in [6, 6.07) is 9.38. The predicted octanol–water partition coefficient (Wildman–Crippen LogP) is 3.54. The molecule has 0 aromatic heterocycles. The molecule has 0 aliphatic carbocycles. The average Bonchev–Trinajstić information content (AvgIpc) is 2.49.